The number of hydrogen-bond donors (Lipinski definition) is 1. The summed E-state index contributed by atoms with van der Waals surface area (Å²) in [5.74, 6) is -0.0640. The third kappa shape index (κ3) is 7.27. The molecule has 1 N–H and O–H groups in total. The molecule has 0 unspecified atom stereocenters. The van der Waals surface area contributed by atoms with E-state index in [2.05, 4.69) is 10.2 Å². The van der Waals surface area contributed by atoms with Crippen molar-refractivity contribution in [3.63, 3.8) is 0 Å². The minimum absolute atomic E-state index is 0.0290. The van der Waals surface area contributed by atoms with E-state index in [0.29, 0.717) is 23.1 Å². The zero-order valence-corrected chi connectivity index (χ0v) is 17.9. The van der Waals surface area contributed by atoms with E-state index in [-0.39, 0.29) is 10.8 Å². The molecule has 10 heteroatoms. The number of benzene rings is 2. The zero-order chi connectivity index (χ0) is 22.3. The van der Waals surface area contributed by atoms with Gasteiger partial charge in [-0.3, -0.25) is 4.79 Å². The van der Waals surface area contributed by atoms with Crippen LogP contribution in [0.5, 0.6) is 11.5 Å². The van der Waals surface area contributed by atoms with Crippen LogP contribution in [0.4, 0.5) is 18.9 Å². The first-order chi connectivity index (χ1) is 14.1. The Hall–Kier alpha value is -2.16. The monoisotopic (exact) mass is 464 g/mol. The molecule has 2 aromatic carbocycles. The van der Waals surface area contributed by atoms with Crippen LogP contribution in [0.15, 0.2) is 36.4 Å². The van der Waals surface area contributed by atoms with Crippen LogP contribution >= 0.6 is 23.2 Å². The molecule has 1 amide bonds. The lowest BCUT2D eigenvalue weighted by Gasteiger charge is -2.15. The standard InChI is InChI=1S/C20H21Cl2F3N2O3/c1-3-27(2)8-9-29-17-7-5-14(11-16(17)22)26-19(28)12-30-18-6-4-13(10-15(18)21)20(23,24)25/h4-7,10-11H,3,8-9,12H2,1-2H3,(H,26,28). The average molecular weight is 465 g/mol. The normalized spacial score (nSPS) is 11.5. The molecule has 0 aliphatic carbocycles. The first-order valence-electron chi connectivity index (χ1n) is 9.00. The number of halogens is 5. The van der Waals surface area contributed by atoms with Crippen molar-refractivity contribution in [2.24, 2.45) is 0 Å². The van der Waals surface area contributed by atoms with Gasteiger partial charge in [0.2, 0.25) is 0 Å². The molecular weight excluding hydrogens is 444 g/mol. The predicted molar refractivity (Wildman–Crippen MR) is 111 cm³/mol. The minimum atomic E-state index is -4.51. The fraction of sp³-hybridized carbons (Fsp3) is 0.350. The summed E-state index contributed by atoms with van der Waals surface area (Å²) in [6, 6.07) is 7.42. The van der Waals surface area contributed by atoms with Crippen molar-refractivity contribution in [1.82, 2.24) is 4.90 Å². The van der Waals surface area contributed by atoms with Gasteiger partial charge >= 0.3 is 6.18 Å². The Morgan fingerprint density at radius 2 is 1.70 bits per heavy atom. The third-order valence-electron chi connectivity index (χ3n) is 4.10. The Kier molecular flexibility index (Phi) is 8.64. The molecule has 0 spiro atoms. The first kappa shape index (κ1) is 24.1. The van der Waals surface area contributed by atoms with Gasteiger partial charge in [0, 0.05) is 12.2 Å². The maximum absolute atomic E-state index is 12.7. The molecule has 0 aromatic heterocycles. The van der Waals surface area contributed by atoms with Gasteiger partial charge in [0.1, 0.15) is 18.1 Å². The molecule has 2 rings (SSSR count). The quantitative estimate of drug-likeness (QED) is 0.542. The summed E-state index contributed by atoms with van der Waals surface area (Å²) in [7, 11) is 1.98. The third-order valence-corrected chi connectivity index (χ3v) is 4.69. The summed E-state index contributed by atoms with van der Waals surface area (Å²) in [6.45, 7) is 3.72. The number of rotatable bonds is 9. The Balaban J connectivity index is 1.88. The summed E-state index contributed by atoms with van der Waals surface area (Å²) in [6.07, 6.45) is -4.51. The van der Waals surface area contributed by atoms with E-state index in [0.717, 1.165) is 31.3 Å². The highest BCUT2D eigenvalue weighted by molar-refractivity contribution is 6.32. The molecule has 0 radical (unpaired) electrons. The number of likely N-dealkylation sites (N-methyl/N-ethyl adjacent to an activating group) is 1. The van der Waals surface area contributed by atoms with E-state index in [1.54, 1.807) is 12.1 Å². The molecule has 0 atom stereocenters. The van der Waals surface area contributed by atoms with Crippen molar-refractivity contribution in [3.8, 4) is 11.5 Å². The Labute approximate surface area is 182 Å². The van der Waals surface area contributed by atoms with Crippen molar-refractivity contribution >= 4 is 34.8 Å². The van der Waals surface area contributed by atoms with Crippen LogP contribution in [0.1, 0.15) is 12.5 Å². The van der Waals surface area contributed by atoms with Gasteiger partial charge < -0.3 is 19.7 Å². The van der Waals surface area contributed by atoms with E-state index >= 15 is 0 Å². The second-order valence-electron chi connectivity index (χ2n) is 6.37. The van der Waals surface area contributed by atoms with Gasteiger partial charge in [-0.05, 0) is 50.0 Å². The molecule has 0 aliphatic rings. The second kappa shape index (κ2) is 10.7. The highest BCUT2D eigenvalue weighted by Crippen LogP contribution is 2.34. The topological polar surface area (TPSA) is 50.8 Å². The van der Waals surface area contributed by atoms with E-state index in [4.69, 9.17) is 32.7 Å². The molecule has 30 heavy (non-hydrogen) atoms. The van der Waals surface area contributed by atoms with Crippen LogP contribution < -0.4 is 14.8 Å². The Bertz CT molecular complexity index is 879. The van der Waals surface area contributed by atoms with Gasteiger partial charge in [0.15, 0.2) is 6.61 Å². The SMILES string of the molecule is CCN(C)CCOc1ccc(NC(=O)COc2ccc(C(F)(F)F)cc2Cl)cc1Cl. The Morgan fingerprint density at radius 3 is 2.30 bits per heavy atom. The minimum Gasteiger partial charge on any atom is -0.491 e. The molecule has 0 heterocycles. The van der Waals surface area contributed by atoms with Gasteiger partial charge in [-0.15, -0.1) is 0 Å². The number of hydrogen-bond acceptors (Lipinski definition) is 4. The fourth-order valence-electron chi connectivity index (χ4n) is 2.30. The summed E-state index contributed by atoms with van der Waals surface area (Å²) in [4.78, 5) is 14.1. The maximum atomic E-state index is 12.7. The number of nitrogens with one attached hydrogen (secondary N) is 1. The lowest BCUT2D eigenvalue weighted by Crippen LogP contribution is -2.23. The molecule has 0 saturated heterocycles. The van der Waals surface area contributed by atoms with Gasteiger partial charge in [0.25, 0.3) is 5.91 Å². The number of nitrogens with zero attached hydrogens (tertiary/aromatic N) is 1. The number of amides is 1. The predicted octanol–water partition coefficient (Wildman–Crippen LogP) is 5.36. The number of carbonyl (C=O) groups excluding carboxylic acids is 1. The molecular formula is C20H21Cl2F3N2O3. The van der Waals surface area contributed by atoms with E-state index in [1.807, 2.05) is 14.0 Å². The van der Waals surface area contributed by atoms with Crippen LogP contribution in [-0.4, -0.2) is 44.2 Å². The molecule has 164 valence electrons. The Morgan fingerprint density at radius 1 is 1.07 bits per heavy atom. The van der Waals surface area contributed by atoms with Crippen LogP contribution in [0, 0.1) is 0 Å². The maximum Gasteiger partial charge on any atom is 0.416 e. The highest BCUT2D eigenvalue weighted by atomic mass is 35.5. The van der Waals surface area contributed by atoms with Crippen molar-refractivity contribution in [2.45, 2.75) is 13.1 Å². The molecule has 0 bridgehead atoms. The smallest absolute Gasteiger partial charge is 0.416 e. The summed E-state index contributed by atoms with van der Waals surface area (Å²) in [5, 5.41) is 2.68. The second-order valence-corrected chi connectivity index (χ2v) is 7.18. The summed E-state index contributed by atoms with van der Waals surface area (Å²) in [5.41, 5.74) is -0.479. The van der Waals surface area contributed by atoms with E-state index < -0.39 is 24.3 Å². The summed E-state index contributed by atoms with van der Waals surface area (Å²) >= 11 is 12.0. The van der Waals surface area contributed by atoms with Crippen LogP contribution in [0.3, 0.4) is 0 Å². The van der Waals surface area contributed by atoms with Crippen LogP contribution in [0.2, 0.25) is 10.0 Å². The van der Waals surface area contributed by atoms with Crippen molar-refractivity contribution < 1.29 is 27.4 Å². The lowest BCUT2D eigenvalue weighted by atomic mass is 10.2. The van der Waals surface area contributed by atoms with Crippen molar-refractivity contribution in [3.05, 3.63) is 52.0 Å². The van der Waals surface area contributed by atoms with Gasteiger partial charge in [-0.25, -0.2) is 0 Å². The van der Waals surface area contributed by atoms with E-state index in [9.17, 15) is 18.0 Å². The molecule has 0 fully saturated rings. The van der Waals surface area contributed by atoms with Gasteiger partial charge in [-0.1, -0.05) is 30.1 Å². The highest BCUT2D eigenvalue weighted by Gasteiger charge is 2.31. The molecule has 5 nitrogen and oxygen atoms in total. The zero-order valence-electron chi connectivity index (χ0n) is 16.4. The number of ether oxygens (including phenoxy) is 2. The van der Waals surface area contributed by atoms with Crippen molar-refractivity contribution in [1.29, 1.82) is 0 Å². The first-order valence-corrected chi connectivity index (χ1v) is 9.76. The molecule has 2 aromatic rings. The number of anilines is 1. The molecule has 0 saturated carbocycles. The largest absolute Gasteiger partial charge is 0.491 e. The van der Waals surface area contributed by atoms with Crippen LogP contribution in [0.25, 0.3) is 0 Å². The van der Waals surface area contributed by atoms with Crippen molar-refractivity contribution in [2.75, 3.05) is 38.7 Å². The molecule has 0 aliphatic heterocycles. The number of carbonyl (C=O) groups is 1. The van der Waals surface area contributed by atoms with E-state index in [1.165, 1.54) is 6.07 Å². The van der Waals surface area contributed by atoms with Crippen LogP contribution in [-0.2, 0) is 11.0 Å². The number of alkyl halides is 3. The summed E-state index contributed by atoms with van der Waals surface area (Å²) < 4.78 is 48.8. The fourth-order valence-corrected chi connectivity index (χ4v) is 2.77. The van der Waals surface area contributed by atoms with Gasteiger partial charge in [-0.2, -0.15) is 13.2 Å². The van der Waals surface area contributed by atoms with Gasteiger partial charge in [0.05, 0.1) is 15.6 Å². The average Bonchev–Trinajstić information content (AvgIpc) is 2.67. The lowest BCUT2D eigenvalue weighted by molar-refractivity contribution is -0.137.